The molecule has 1 heteroatoms. The lowest BCUT2D eigenvalue weighted by Gasteiger charge is -2.53. The van der Waals surface area contributed by atoms with Crippen LogP contribution < -0.4 is 0 Å². The fraction of sp³-hybridized carbons (Fsp3) is 0.895. The Morgan fingerprint density at radius 1 is 1.10 bits per heavy atom. The van der Waals surface area contributed by atoms with Gasteiger partial charge in [0.2, 0.25) is 0 Å². The van der Waals surface area contributed by atoms with Crippen molar-refractivity contribution in [2.24, 2.45) is 35.0 Å². The summed E-state index contributed by atoms with van der Waals surface area (Å²) in [4.78, 5) is 0. The Balaban J connectivity index is 1.62. The van der Waals surface area contributed by atoms with Gasteiger partial charge in [-0.15, -0.1) is 0 Å². The second kappa shape index (κ2) is 4.58. The Kier molecular flexibility index (Phi) is 3.06. The van der Waals surface area contributed by atoms with Crippen LogP contribution in [0.3, 0.4) is 0 Å². The fourth-order valence-corrected chi connectivity index (χ4v) is 6.48. The summed E-state index contributed by atoms with van der Waals surface area (Å²) in [6.45, 7) is 5.06. The smallest absolute Gasteiger partial charge is 0.104 e. The first-order valence-corrected chi connectivity index (χ1v) is 8.92. The second-order valence-corrected chi connectivity index (χ2v) is 8.46. The SMILES string of the molecule is C[C@H]1CCC2C3CC=C4C[C@@H](F)CC[C@@H]4C3CC[C@@]21C. The molecule has 0 radical (unpaired) electrons. The van der Waals surface area contributed by atoms with Crippen LogP contribution in [0.5, 0.6) is 0 Å². The van der Waals surface area contributed by atoms with E-state index in [9.17, 15) is 4.39 Å². The van der Waals surface area contributed by atoms with Gasteiger partial charge in [0.05, 0.1) is 0 Å². The maximum absolute atomic E-state index is 13.7. The van der Waals surface area contributed by atoms with Gasteiger partial charge >= 0.3 is 0 Å². The quantitative estimate of drug-likeness (QED) is 0.510. The Morgan fingerprint density at radius 3 is 2.80 bits per heavy atom. The van der Waals surface area contributed by atoms with Crippen LogP contribution in [0.1, 0.15) is 65.2 Å². The topological polar surface area (TPSA) is 0 Å². The summed E-state index contributed by atoms with van der Waals surface area (Å²) in [7, 11) is 0. The molecule has 0 aromatic rings. The summed E-state index contributed by atoms with van der Waals surface area (Å²) in [5.41, 5.74) is 2.11. The van der Waals surface area contributed by atoms with Crippen LogP contribution in [0, 0.1) is 35.0 Å². The summed E-state index contributed by atoms with van der Waals surface area (Å²) in [5, 5.41) is 0. The molecule has 0 spiro atoms. The maximum Gasteiger partial charge on any atom is 0.104 e. The number of alkyl halides is 1. The molecule has 4 aliphatic rings. The van der Waals surface area contributed by atoms with E-state index in [0.717, 1.165) is 48.9 Å². The number of rotatable bonds is 0. The normalized spacial score (nSPS) is 54.6. The fourth-order valence-electron chi connectivity index (χ4n) is 6.48. The lowest BCUT2D eigenvalue weighted by Crippen LogP contribution is -2.45. The molecule has 0 saturated heterocycles. The summed E-state index contributed by atoms with van der Waals surface area (Å²) in [6, 6.07) is 0. The van der Waals surface area contributed by atoms with Gasteiger partial charge in [0.1, 0.15) is 6.17 Å². The molecule has 0 bridgehead atoms. The molecule has 0 amide bonds. The number of fused-ring (bicyclic) bond motifs is 5. The zero-order valence-corrected chi connectivity index (χ0v) is 13.1. The van der Waals surface area contributed by atoms with Gasteiger partial charge in [-0.05, 0) is 86.4 Å². The van der Waals surface area contributed by atoms with Crippen LogP contribution in [-0.4, -0.2) is 6.17 Å². The van der Waals surface area contributed by atoms with Crippen LogP contribution in [0.2, 0.25) is 0 Å². The highest BCUT2D eigenvalue weighted by atomic mass is 19.1. The minimum absolute atomic E-state index is 0.547. The van der Waals surface area contributed by atoms with Crippen molar-refractivity contribution in [1.29, 1.82) is 0 Å². The highest BCUT2D eigenvalue weighted by Crippen LogP contribution is 2.63. The summed E-state index contributed by atoms with van der Waals surface area (Å²) < 4.78 is 13.7. The zero-order chi connectivity index (χ0) is 13.9. The van der Waals surface area contributed by atoms with E-state index in [4.69, 9.17) is 0 Å². The van der Waals surface area contributed by atoms with Crippen molar-refractivity contribution in [3.8, 4) is 0 Å². The molecule has 4 rings (SSSR count). The van der Waals surface area contributed by atoms with E-state index in [2.05, 4.69) is 19.9 Å². The molecule has 4 aliphatic carbocycles. The molecule has 0 aromatic heterocycles. The molecule has 3 fully saturated rings. The lowest BCUT2D eigenvalue weighted by molar-refractivity contribution is -0.0114. The molecular formula is C19H29F. The van der Waals surface area contributed by atoms with Gasteiger partial charge in [-0.3, -0.25) is 0 Å². The highest BCUT2D eigenvalue weighted by Gasteiger charge is 2.54. The number of allylic oxidation sites excluding steroid dienone is 2. The molecule has 3 saturated carbocycles. The molecule has 0 N–H and O–H groups in total. The Bertz CT molecular complexity index is 425. The molecule has 0 aliphatic heterocycles. The first-order chi connectivity index (χ1) is 9.59. The van der Waals surface area contributed by atoms with Gasteiger partial charge in [-0.25, -0.2) is 4.39 Å². The number of hydrogen-bond donors (Lipinski definition) is 0. The third-order valence-electron chi connectivity index (χ3n) is 7.86. The molecule has 0 nitrogen and oxygen atoms in total. The van der Waals surface area contributed by atoms with Crippen molar-refractivity contribution in [2.75, 3.05) is 0 Å². The molecule has 3 unspecified atom stereocenters. The first-order valence-electron chi connectivity index (χ1n) is 8.92. The summed E-state index contributed by atoms with van der Waals surface area (Å²) >= 11 is 0. The number of hydrogen-bond acceptors (Lipinski definition) is 0. The lowest BCUT2D eigenvalue weighted by atomic mass is 9.52. The van der Waals surface area contributed by atoms with Crippen LogP contribution in [-0.2, 0) is 0 Å². The third kappa shape index (κ3) is 1.77. The predicted molar refractivity (Wildman–Crippen MR) is 81.1 cm³/mol. The number of halogens is 1. The summed E-state index contributed by atoms with van der Waals surface area (Å²) in [5.74, 6) is 4.44. The zero-order valence-electron chi connectivity index (χ0n) is 13.1. The molecule has 7 atom stereocenters. The van der Waals surface area contributed by atoms with Crippen LogP contribution in [0.4, 0.5) is 4.39 Å². The Hall–Kier alpha value is -0.330. The van der Waals surface area contributed by atoms with Crippen molar-refractivity contribution in [1.82, 2.24) is 0 Å². The van der Waals surface area contributed by atoms with Gasteiger partial charge in [0.25, 0.3) is 0 Å². The van der Waals surface area contributed by atoms with Gasteiger partial charge in [0.15, 0.2) is 0 Å². The molecule has 112 valence electrons. The molecular weight excluding hydrogens is 247 g/mol. The van der Waals surface area contributed by atoms with E-state index in [1.807, 2.05) is 0 Å². The van der Waals surface area contributed by atoms with Crippen LogP contribution in [0.25, 0.3) is 0 Å². The minimum atomic E-state index is -0.547. The summed E-state index contributed by atoms with van der Waals surface area (Å²) in [6.07, 6.45) is 11.6. The third-order valence-corrected chi connectivity index (χ3v) is 7.86. The van der Waals surface area contributed by atoms with Crippen molar-refractivity contribution >= 4 is 0 Å². The Morgan fingerprint density at radius 2 is 1.95 bits per heavy atom. The van der Waals surface area contributed by atoms with E-state index in [-0.39, 0.29) is 0 Å². The Labute approximate surface area is 123 Å². The second-order valence-electron chi connectivity index (χ2n) is 8.46. The van der Waals surface area contributed by atoms with Gasteiger partial charge < -0.3 is 0 Å². The van der Waals surface area contributed by atoms with E-state index in [1.54, 1.807) is 0 Å². The standard InChI is InChI=1S/C19H29F/c1-12-3-8-18-17-6-4-13-11-14(20)5-7-15(13)16(17)9-10-19(12,18)2/h4,12,14-18H,3,5-11H2,1-2H3/t12-,14-,15-,16?,17?,18?,19+/m0/s1. The average molecular weight is 276 g/mol. The van der Waals surface area contributed by atoms with Crippen molar-refractivity contribution < 1.29 is 4.39 Å². The highest BCUT2D eigenvalue weighted by molar-refractivity contribution is 5.19. The average Bonchev–Trinajstić information content (AvgIpc) is 2.74. The van der Waals surface area contributed by atoms with Crippen molar-refractivity contribution in [2.45, 2.75) is 71.4 Å². The molecule has 0 aromatic carbocycles. The maximum atomic E-state index is 13.7. The van der Waals surface area contributed by atoms with Crippen LogP contribution in [0.15, 0.2) is 11.6 Å². The van der Waals surface area contributed by atoms with Gasteiger partial charge in [0, 0.05) is 0 Å². The first kappa shape index (κ1) is 13.3. The predicted octanol–water partition coefficient (Wildman–Crippen LogP) is 5.53. The van der Waals surface area contributed by atoms with E-state index >= 15 is 0 Å². The van der Waals surface area contributed by atoms with Crippen molar-refractivity contribution in [3.05, 3.63) is 11.6 Å². The molecule has 20 heavy (non-hydrogen) atoms. The van der Waals surface area contributed by atoms with E-state index < -0.39 is 6.17 Å². The van der Waals surface area contributed by atoms with E-state index in [0.29, 0.717) is 5.41 Å². The minimum Gasteiger partial charge on any atom is -0.247 e. The van der Waals surface area contributed by atoms with Crippen LogP contribution >= 0.6 is 0 Å². The monoisotopic (exact) mass is 276 g/mol. The van der Waals surface area contributed by atoms with Gasteiger partial charge in [-0.2, -0.15) is 0 Å². The van der Waals surface area contributed by atoms with E-state index in [1.165, 1.54) is 37.7 Å². The largest absolute Gasteiger partial charge is 0.247 e. The molecule has 0 heterocycles. The van der Waals surface area contributed by atoms with Crippen molar-refractivity contribution in [3.63, 3.8) is 0 Å². The van der Waals surface area contributed by atoms with Gasteiger partial charge in [-0.1, -0.05) is 25.5 Å².